The van der Waals surface area contributed by atoms with Crippen LogP contribution in [0.5, 0.6) is 0 Å². The zero-order valence-electron chi connectivity index (χ0n) is 20.9. The molecule has 0 bridgehead atoms. The van der Waals surface area contributed by atoms with Crippen LogP contribution in [0.3, 0.4) is 0 Å². The lowest BCUT2D eigenvalue weighted by Crippen LogP contribution is -2.52. The zero-order valence-corrected chi connectivity index (χ0v) is 21.7. The molecular weight excluding hydrogens is 557 g/mol. The molecule has 2 N–H and O–H groups in total. The van der Waals surface area contributed by atoms with Crippen molar-refractivity contribution in [3.05, 3.63) is 58.1 Å². The van der Waals surface area contributed by atoms with Gasteiger partial charge in [0.1, 0.15) is 0 Å². The number of anilines is 2. The molecule has 1 saturated heterocycles. The minimum Gasteiger partial charge on any atom is -0.367 e. The van der Waals surface area contributed by atoms with Gasteiger partial charge in [0.05, 0.1) is 23.4 Å². The molecule has 0 saturated carbocycles. The number of hydrogen-bond acceptors (Lipinski definition) is 4. The maximum atomic E-state index is 14.7. The Balaban J connectivity index is 1.74. The van der Waals surface area contributed by atoms with Gasteiger partial charge in [-0.15, -0.1) is 0 Å². The van der Waals surface area contributed by atoms with Crippen molar-refractivity contribution in [2.24, 2.45) is 0 Å². The molecule has 0 radical (unpaired) electrons. The van der Waals surface area contributed by atoms with E-state index in [-0.39, 0.29) is 18.3 Å². The fraction of sp³-hybridized carbons (Fsp3) is 0.440. The van der Waals surface area contributed by atoms with E-state index in [0.29, 0.717) is 37.3 Å². The van der Waals surface area contributed by atoms with Crippen LogP contribution >= 0.6 is 11.6 Å². The highest BCUT2D eigenvalue weighted by Crippen LogP contribution is 2.32. The third-order valence-corrected chi connectivity index (χ3v) is 6.48. The SMILES string of the molecule is C[C@H]1CN(c2cc(Cl)ccc2NC(=O)c2ccc(CNC(=O)C(C)(F)F)c(F)c2F)CCN1CCC(F)(F)F. The minimum absolute atomic E-state index is 0.150. The Morgan fingerprint density at radius 1 is 1.05 bits per heavy atom. The number of carbonyl (C=O) groups is 2. The van der Waals surface area contributed by atoms with Gasteiger partial charge < -0.3 is 15.5 Å². The number of benzene rings is 2. The predicted octanol–water partition coefficient (Wildman–Crippen LogP) is 5.60. The first-order valence-electron chi connectivity index (χ1n) is 11.9. The molecule has 0 aromatic heterocycles. The molecule has 3 rings (SSSR count). The van der Waals surface area contributed by atoms with Gasteiger partial charge in [-0.3, -0.25) is 14.5 Å². The van der Waals surface area contributed by atoms with Gasteiger partial charge in [0.2, 0.25) is 0 Å². The molecule has 0 unspecified atom stereocenters. The van der Waals surface area contributed by atoms with Crippen LogP contribution < -0.4 is 15.5 Å². The van der Waals surface area contributed by atoms with Crippen molar-refractivity contribution in [2.45, 2.75) is 45.0 Å². The van der Waals surface area contributed by atoms with E-state index in [2.05, 4.69) is 5.32 Å². The summed E-state index contributed by atoms with van der Waals surface area (Å²) in [5.74, 6) is -9.41. The molecule has 1 aliphatic rings. The standard InChI is InChI=1S/C25H26ClF7N4O2/c1-14-13-37(10-9-36(14)8-7-25(31,32)33)19-11-16(26)4-6-18(19)35-22(38)17-5-3-15(20(27)21(17)28)12-34-23(39)24(2,29)30/h3-6,11,14H,7-10,12-13H2,1-2H3,(H,34,39)(H,35,38)/t14-/m0/s1. The molecule has 214 valence electrons. The van der Waals surface area contributed by atoms with Crippen LogP contribution in [0.25, 0.3) is 0 Å². The number of piperazine rings is 1. The van der Waals surface area contributed by atoms with Crippen molar-refractivity contribution in [3.8, 4) is 0 Å². The van der Waals surface area contributed by atoms with Crippen LogP contribution in [0.15, 0.2) is 30.3 Å². The summed E-state index contributed by atoms with van der Waals surface area (Å²) in [6.07, 6.45) is -5.21. The van der Waals surface area contributed by atoms with Gasteiger partial charge in [0.25, 0.3) is 11.8 Å². The van der Waals surface area contributed by atoms with E-state index in [9.17, 15) is 40.3 Å². The lowest BCUT2D eigenvalue weighted by atomic mass is 10.1. The summed E-state index contributed by atoms with van der Waals surface area (Å²) in [5, 5.41) is 4.61. The first-order valence-corrected chi connectivity index (χ1v) is 12.2. The predicted molar refractivity (Wildman–Crippen MR) is 132 cm³/mol. The van der Waals surface area contributed by atoms with Gasteiger partial charge in [-0.05, 0) is 31.2 Å². The molecule has 1 atom stereocenters. The van der Waals surface area contributed by atoms with Crippen molar-refractivity contribution in [2.75, 3.05) is 36.4 Å². The van der Waals surface area contributed by atoms with E-state index in [1.165, 1.54) is 12.1 Å². The maximum absolute atomic E-state index is 14.7. The molecular formula is C25H26ClF7N4O2. The number of nitrogens with zero attached hydrogens (tertiary/aromatic N) is 2. The van der Waals surface area contributed by atoms with Crippen LogP contribution in [-0.4, -0.2) is 61.0 Å². The summed E-state index contributed by atoms with van der Waals surface area (Å²) in [7, 11) is 0. The minimum atomic E-state index is -4.27. The average molecular weight is 583 g/mol. The smallest absolute Gasteiger partial charge is 0.367 e. The Bertz CT molecular complexity index is 1220. The van der Waals surface area contributed by atoms with Crippen LogP contribution in [0.1, 0.15) is 36.2 Å². The molecule has 2 amide bonds. The highest BCUT2D eigenvalue weighted by molar-refractivity contribution is 6.31. The molecule has 0 spiro atoms. The molecule has 39 heavy (non-hydrogen) atoms. The topological polar surface area (TPSA) is 64.7 Å². The second-order valence-corrected chi connectivity index (χ2v) is 9.72. The highest BCUT2D eigenvalue weighted by atomic mass is 35.5. The number of hydrogen-bond donors (Lipinski definition) is 2. The fourth-order valence-corrected chi connectivity index (χ4v) is 4.28. The van der Waals surface area contributed by atoms with Crippen LogP contribution in [0.4, 0.5) is 42.1 Å². The summed E-state index contributed by atoms with van der Waals surface area (Å²) in [4.78, 5) is 27.7. The van der Waals surface area contributed by atoms with E-state index < -0.39 is 59.6 Å². The third-order valence-electron chi connectivity index (χ3n) is 6.24. The van der Waals surface area contributed by atoms with Gasteiger partial charge in [-0.2, -0.15) is 22.0 Å². The number of amides is 2. The molecule has 2 aromatic carbocycles. The summed E-state index contributed by atoms with van der Waals surface area (Å²) in [6.45, 7) is 2.22. The summed E-state index contributed by atoms with van der Waals surface area (Å²) in [5.41, 5.74) is -0.457. The average Bonchev–Trinajstić information content (AvgIpc) is 2.83. The second-order valence-electron chi connectivity index (χ2n) is 9.28. The number of rotatable bonds is 8. The van der Waals surface area contributed by atoms with Crippen molar-refractivity contribution in [1.29, 1.82) is 0 Å². The Morgan fingerprint density at radius 2 is 1.74 bits per heavy atom. The molecule has 1 aliphatic heterocycles. The normalized spacial score (nSPS) is 16.8. The maximum Gasteiger partial charge on any atom is 0.390 e. The van der Waals surface area contributed by atoms with E-state index in [1.807, 2.05) is 4.90 Å². The number of alkyl halides is 5. The van der Waals surface area contributed by atoms with Crippen LogP contribution in [0, 0.1) is 11.6 Å². The lowest BCUT2D eigenvalue weighted by Gasteiger charge is -2.41. The lowest BCUT2D eigenvalue weighted by molar-refractivity contribution is -0.143. The highest BCUT2D eigenvalue weighted by Gasteiger charge is 2.33. The Morgan fingerprint density at radius 3 is 2.36 bits per heavy atom. The van der Waals surface area contributed by atoms with Gasteiger partial charge in [-0.25, -0.2) is 8.78 Å². The van der Waals surface area contributed by atoms with Crippen molar-refractivity contribution < 1.29 is 40.3 Å². The van der Waals surface area contributed by atoms with Gasteiger partial charge in [-0.1, -0.05) is 17.7 Å². The first kappa shape index (κ1) is 30.5. The molecule has 6 nitrogen and oxygen atoms in total. The van der Waals surface area contributed by atoms with Crippen LogP contribution in [0.2, 0.25) is 5.02 Å². The quantitative estimate of drug-likeness (QED) is 0.398. The fourth-order valence-electron chi connectivity index (χ4n) is 4.11. The van der Waals surface area contributed by atoms with Gasteiger partial charge >= 0.3 is 12.1 Å². The molecule has 2 aromatic rings. The molecule has 0 aliphatic carbocycles. The third kappa shape index (κ3) is 7.98. The summed E-state index contributed by atoms with van der Waals surface area (Å²) < 4.78 is 93.2. The van der Waals surface area contributed by atoms with E-state index in [0.717, 1.165) is 12.1 Å². The number of nitrogens with one attached hydrogen (secondary N) is 2. The Labute approximate surface area is 225 Å². The van der Waals surface area contributed by atoms with Crippen molar-refractivity contribution in [3.63, 3.8) is 0 Å². The second kappa shape index (κ2) is 12.0. The van der Waals surface area contributed by atoms with Gasteiger partial charge in [0.15, 0.2) is 11.6 Å². The van der Waals surface area contributed by atoms with E-state index in [4.69, 9.17) is 11.6 Å². The van der Waals surface area contributed by atoms with E-state index >= 15 is 0 Å². The van der Waals surface area contributed by atoms with E-state index in [1.54, 1.807) is 23.2 Å². The monoisotopic (exact) mass is 582 g/mol. The zero-order chi connectivity index (χ0) is 29.1. The molecule has 14 heteroatoms. The van der Waals surface area contributed by atoms with Gasteiger partial charge in [0, 0.05) is 56.3 Å². The van der Waals surface area contributed by atoms with Crippen molar-refractivity contribution in [1.82, 2.24) is 10.2 Å². The molecule has 1 fully saturated rings. The summed E-state index contributed by atoms with van der Waals surface area (Å²) in [6, 6.07) is 6.16. The molecule has 1 heterocycles. The summed E-state index contributed by atoms with van der Waals surface area (Å²) >= 11 is 6.14. The van der Waals surface area contributed by atoms with Crippen molar-refractivity contribution >= 4 is 34.8 Å². The Kier molecular flexibility index (Phi) is 9.37. The first-order chi connectivity index (χ1) is 18.1. The largest absolute Gasteiger partial charge is 0.390 e. The number of carbonyl (C=O) groups excluding carboxylic acids is 2. The number of halogens is 8. The van der Waals surface area contributed by atoms with Crippen LogP contribution in [-0.2, 0) is 11.3 Å². The Hall–Kier alpha value is -3.06.